The van der Waals surface area contributed by atoms with Crippen LogP contribution < -0.4 is 4.74 Å². The first-order valence-electron chi connectivity index (χ1n) is 5.22. The van der Waals surface area contributed by atoms with E-state index in [2.05, 4.69) is 0 Å². The minimum Gasteiger partial charge on any atom is -0.508 e. The zero-order valence-electron chi connectivity index (χ0n) is 9.53. The molecule has 0 aromatic heterocycles. The molecule has 0 spiro atoms. The Balaban J connectivity index is 2.43. The molecule has 0 heterocycles. The molecule has 1 rings (SSSR count). The Kier molecular flexibility index (Phi) is 4.64. The number of carbonyl (C=O) groups is 1. The third kappa shape index (κ3) is 3.46. The van der Waals surface area contributed by atoms with Gasteiger partial charge in [-0.2, -0.15) is 0 Å². The number of esters is 1. The molecule has 0 aliphatic heterocycles. The van der Waals surface area contributed by atoms with Gasteiger partial charge in [-0.1, -0.05) is 6.07 Å². The highest BCUT2D eigenvalue weighted by molar-refractivity contribution is 5.69. The average molecular weight is 224 g/mol. The molecule has 0 amide bonds. The van der Waals surface area contributed by atoms with E-state index in [0.29, 0.717) is 17.9 Å². The summed E-state index contributed by atoms with van der Waals surface area (Å²) in [6.45, 7) is 4.15. The lowest BCUT2D eigenvalue weighted by molar-refractivity contribution is -0.143. The predicted molar refractivity (Wildman–Crippen MR) is 59.6 cm³/mol. The minimum atomic E-state index is -0.277. The average Bonchev–Trinajstić information content (AvgIpc) is 2.25. The third-order valence-corrected chi connectivity index (χ3v) is 2.12. The second-order valence-electron chi connectivity index (χ2n) is 3.30. The molecule has 4 heteroatoms. The van der Waals surface area contributed by atoms with Gasteiger partial charge in [0.15, 0.2) is 0 Å². The van der Waals surface area contributed by atoms with Crippen molar-refractivity contribution in [1.82, 2.24) is 0 Å². The molecule has 0 saturated heterocycles. The normalized spacial score (nSPS) is 9.88. The van der Waals surface area contributed by atoms with Gasteiger partial charge in [0.2, 0.25) is 0 Å². The number of aromatic hydroxyl groups is 1. The van der Waals surface area contributed by atoms with Gasteiger partial charge < -0.3 is 14.6 Å². The number of rotatable bonds is 5. The predicted octanol–water partition coefficient (Wildman–Crippen LogP) is 2.03. The fraction of sp³-hybridized carbons (Fsp3) is 0.417. The van der Waals surface area contributed by atoms with E-state index >= 15 is 0 Å². The van der Waals surface area contributed by atoms with Crippen LogP contribution in [0.15, 0.2) is 18.2 Å². The van der Waals surface area contributed by atoms with Crippen LogP contribution in [0, 0.1) is 6.92 Å². The fourth-order valence-corrected chi connectivity index (χ4v) is 1.24. The zero-order chi connectivity index (χ0) is 12.0. The van der Waals surface area contributed by atoms with Crippen LogP contribution in [0.3, 0.4) is 0 Å². The van der Waals surface area contributed by atoms with Crippen molar-refractivity contribution in [1.29, 1.82) is 0 Å². The van der Waals surface area contributed by atoms with Gasteiger partial charge in [-0.3, -0.25) is 4.79 Å². The monoisotopic (exact) mass is 224 g/mol. The Bertz CT molecular complexity index is 360. The summed E-state index contributed by atoms with van der Waals surface area (Å²) in [5, 5.41) is 9.42. The molecule has 0 fully saturated rings. The summed E-state index contributed by atoms with van der Waals surface area (Å²) in [5.74, 6) is 0.498. The highest BCUT2D eigenvalue weighted by Gasteiger charge is 2.05. The Hall–Kier alpha value is -1.71. The van der Waals surface area contributed by atoms with Crippen molar-refractivity contribution >= 4 is 5.97 Å². The summed E-state index contributed by atoms with van der Waals surface area (Å²) in [6, 6.07) is 5.04. The maximum absolute atomic E-state index is 11.0. The van der Waals surface area contributed by atoms with E-state index in [0.717, 1.165) is 0 Å². The van der Waals surface area contributed by atoms with Crippen LogP contribution in [-0.2, 0) is 9.53 Å². The smallest absolute Gasteiger partial charge is 0.309 e. The van der Waals surface area contributed by atoms with Crippen LogP contribution in [0.4, 0.5) is 0 Å². The second kappa shape index (κ2) is 6.00. The summed E-state index contributed by atoms with van der Waals surface area (Å²) in [6.07, 6.45) is 0.211. The lowest BCUT2D eigenvalue weighted by atomic mass is 10.2. The number of ether oxygens (including phenoxy) is 2. The summed E-state index contributed by atoms with van der Waals surface area (Å²) in [5.41, 5.74) is 0.673. The molecule has 0 atom stereocenters. The van der Waals surface area contributed by atoms with E-state index in [4.69, 9.17) is 9.47 Å². The highest BCUT2D eigenvalue weighted by atomic mass is 16.5. The van der Waals surface area contributed by atoms with Crippen molar-refractivity contribution in [2.75, 3.05) is 13.2 Å². The Morgan fingerprint density at radius 2 is 2.19 bits per heavy atom. The van der Waals surface area contributed by atoms with Gasteiger partial charge in [0.25, 0.3) is 0 Å². The third-order valence-electron chi connectivity index (χ3n) is 2.12. The number of benzene rings is 1. The summed E-state index contributed by atoms with van der Waals surface area (Å²) < 4.78 is 10.1. The Morgan fingerprint density at radius 1 is 1.44 bits per heavy atom. The van der Waals surface area contributed by atoms with Crippen molar-refractivity contribution in [3.8, 4) is 11.5 Å². The first-order valence-corrected chi connectivity index (χ1v) is 5.22. The van der Waals surface area contributed by atoms with Crippen LogP contribution in [-0.4, -0.2) is 24.3 Å². The van der Waals surface area contributed by atoms with Gasteiger partial charge in [0, 0.05) is 5.56 Å². The van der Waals surface area contributed by atoms with Crippen molar-refractivity contribution in [3.63, 3.8) is 0 Å². The van der Waals surface area contributed by atoms with Gasteiger partial charge in [0.05, 0.1) is 19.6 Å². The molecule has 1 aromatic carbocycles. The highest BCUT2D eigenvalue weighted by Crippen LogP contribution is 2.25. The number of carbonyl (C=O) groups excluding carboxylic acids is 1. The van der Waals surface area contributed by atoms with Gasteiger partial charge in [-0.15, -0.1) is 0 Å². The minimum absolute atomic E-state index is 0.189. The van der Waals surface area contributed by atoms with Crippen molar-refractivity contribution in [2.45, 2.75) is 20.3 Å². The summed E-state index contributed by atoms with van der Waals surface area (Å²) in [4.78, 5) is 11.0. The molecule has 16 heavy (non-hydrogen) atoms. The molecule has 1 N–H and O–H groups in total. The van der Waals surface area contributed by atoms with E-state index in [1.54, 1.807) is 32.0 Å². The molecule has 0 unspecified atom stereocenters. The molecule has 88 valence electrons. The largest absolute Gasteiger partial charge is 0.508 e. The number of hydrogen-bond donors (Lipinski definition) is 1. The zero-order valence-corrected chi connectivity index (χ0v) is 9.53. The molecule has 0 aliphatic carbocycles. The summed E-state index contributed by atoms with van der Waals surface area (Å²) >= 11 is 0. The molecule has 0 aliphatic rings. The molecule has 0 saturated carbocycles. The first kappa shape index (κ1) is 12.4. The van der Waals surface area contributed by atoms with E-state index in [1.807, 2.05) is 0 Å². The maximum Gasteiger partial charge on any atom is 0.309 e. The van der Waals surface area contributed by atoms with E-state index in [-0.39, 0.29) is 24.7 Å². The fourth-order valence-electron chi connectivity index (χ4n) is 1.24. The van der Waals surface area contributed by atoms with Crippen LogP contribution in [0.2, 0.25) is 0 Å². The Morgan fingerprint density at radius 3 is 2.88 bits per heavy atom. The van der Waals surface area contributed by atoms with Gasteiger partial charge >= 0.3 is 5.97 Å². The standard InChI is InChI=1S/C12H16O4/c1-3-15-12(14)7-8-16-11-6-4-5-10(13)9(11)2/h4-6,13H,3,7-8H2,1-2H3. The molecular weight excluding hydrogens is 208 g/mol. The van der Waals surface area contributed by atoms with E-state index in [9.17, 15) is 9.90 Å². The van der Waals surface area contributed by atoms with Gasteiger partial charge in [-0.05, 0) is 26.0 Å². The molecule has 4 nitrogen and oxygen atoms in total. The number of hydrogen-bond acceptors (Lipinski definition) is 4. The van der Waals surface area contributed by atoms with Crippen molar-refractivity contribution in [3.05, 3.63) is 23.8 Å². The second-order valence-corrected chi connectivity index (χ2v) is 3.30. The molecular formula is C12H16O4. The SMILES string of the molecule is CCOC(=O)CCOc1cccc(O)c1C. The lowest BCUT2D eigenvalue weighted by Crippen LogP contribution is -2.09. The summed E-state index contributed by atoms with van der Waals surface area (Å²) in [7, 11) is 0. The van der Waals surface area contributed by atoms with Crippen LogP contribution in [0.1, 0.15) is 18.9 Å². The van der Waals surface area contributed by atoms with Crippen LogP contribution >= 0.6 is 0 Å². The maximum atomic E-state index is 11.0. The first-order chi connectivity index (χ1) is 7.65. The number of phenolic OH excluding ortho intramolecular Hbond substituents is 1. The Labute approximate surface area is 94.8 Å². The van der Waals surface area contributed by atoms with E-state index < -0.39 is 0 Å². The molecule has 0 radical (unpaired) electrons. The van der Waals surface area contributed by atoms with Crippen LogP contribution in [0.25, 0.3) is 0 Å². The van der Waals surface area contributed by atoms with Crippen molar-refractivity contribution < 1.29 is 19.4 Å². The molecule has 0 bridgehead atoms. The van der Waals surface area contributed by atoms with Crippen molar-refractivity contribution in [2.24, 2.45) is 0 Å². The van der Waals surface area contributed by atoms with Gasteiger partial charge in [0.1, 0.15) is 11.5 Å². The van der Waals surface area contributed by atoms with Crippen LogP contribution in [0.5, 0.6) is 11.5 Å². The quantitative estimate of drug-likeness (QED) is 0.777. The topological polar surface area (TPSA) is 55.8 Å². The lowest BCUT2D eigenvalue weighted by Gasteiger charge is -2.09. The van der Waals surface area contributed by atoms with Gasteiger partial charge in [-0.25, -0.2) is 0 Å². The van der Waals surface area contributed by atoms with E-state index in [1.165, 1.54) is 0 Å². The molecule has 1 aromatic rings. The number of phenols is 1.